The van der Waals surface area contributed by atoms with Crippen molar-refractivity contribution in [2.45, 2.75) is 41.5 Å². The molecule has 0 aromatic heterocycles. The molecule has 1 nitrogen and oxygen atoms in total. The molecule has 0 unspecified atom stereocenters. The molecule has 1 aromatic rings. The van der Waals surface area contributed by atoms with Crippen LogP contribution in [0.4, 0.5) is 0 Å². The summed E-state index contributed by atoms with van der Waals surface area (Å²) in [6.45, 7) is 14.2. The van der Waals surface area contributed by atoms with Gasteiger partial charge in [0.25, 0.3) is 0 Å². The minimum absolute atomic E-state index is 0.472. The van der Waals surface area contributed by atoms with Gasteiger partial charge in [-0.25, -0.2) is 0 Å². The van der Waals surface area contributed by atoms with Gasteiger partial charge in [-0.2, -0.15) is 0 Å². The van der Waals surface area contributed by atoms with Gasteiger partial charge in [-0.15, -0.1) is 0 Å². The van der Waals surface area contributed by atoms with Gasteiger partial charge in [0.2, 0.25) is 0 Å². The molecule has 2 rings (SSSR count). The predicted molar refractivity (Wildman–Crippen MR) is 93.9 cm³/mol. The molecule has 0 amide bonds. The van der Waals surface area contributed by atoms with Crippen LogP contribution in [0.3, 0.4) is 0 Å². The molecule has 0 heterocycles. The quantitative estimate of drug-likeness (QED) is 0.800. The SMILES string of the molecule is CCN=C1C(C(C)C)=c2ccccc2=C/C1=C(/C)C(C)C. The summed E-state index contributed by atoms with van der Waals surface area (Å²) in [4.78, 5) is 4.86. The number of rotatable bonds is 3. The molecule has 112 valence electrons. The highest BCUT2D eigenvalue weighted by atomic mass is 14.7. The van der Waals surface area contributed by atoms with E-state index in [1.807, 2.05) is 0 Å². The monoisotopic (exact) mass is 281 g/mol. The third kappa shape index (κ3) is 3.02. The normalized spacial score (nSPS) is 19.0. The molecule has 0 radical (unpaired) electrons. The maximum atomic E-state index is 4.86. The molecule has 0 N–H and O–H groups in total. The summed E-state index contributed by atoms with van der Waals surface area (Å²) in [6.07, 6.45) is 2.32. The van der Waals surface area contributed by atoms with E-state index in [1.54, 1.807) is 0 Å². The molecule has 0 spiro atoms. The number of fused-ring (bicyclic) bond motifs is 1. The Bertz CT molecular complexity index is 700. The summed E-state index contributed by atoms with van der Waals surface area (Å²) in [5.41, 5.74) is 5.35. The summed E-state index contributed by atoms with van der Waals surface area (Å²) in [6, 6.07) is 8.70. The van der Waals surface area contributed by atoms with Crippen LogP contribution in [0.25, 0.3) is 11.6 Å². The van der Waals surface area contributed by atoms with Gasteiger partial charge in [-0.05, 0) is 53.3 Å². The number of hydrogen-bond acceptors (Lipinski definition) is 1. The molecule has 0 aliphatic heterocycles. The third-order valence-electron chi connectivity index (χ3n) is 4.25. The Kier molecular flexibility index (Phi) is 4.82. The molecule has 0 bridgehead atoms. The minimum Gasteiger partial charge on any atom is -0.285 e. The van der Waals surface area contributed by atoms with E-state index in [0.29, 0.717) is 11.8 Å². The summed E-state index contributed by atoms with van der Waals surface area (Å²) in [7, 11) is 0. The van der Waals surface area contributed by atoms with Gasteiger partial charge in [-0.1, -0.05) is 57.5 Å². The molecule has 1 aliphatic rings. The van der Waals surface area contributed by atoms with Crippen molar-refractivity contribution in [1.82, 2.24) is 0 Å². The smallest absolute Gasteiger partial charge is 0.0686 e. The first-order valence-electron chi connectivity index (χ1n) is 8.04. The fourth-order valence-corrected chi connectivity index (χ4v) is 2.89. The number of aliphatic imine (C=N–C) groups is 1. The third-order valence-corrected chi connectivity index (χ3v) is 4.25. The topological polar surface area (TPSA) is 12.4 Å². The largest absolute Gasteiger partial charge is 0.285 e. The van der Waals surface area contributed by atoms with E-state index in [4.69, 9.17) is 4.99 Å². The van der Waals surface area contributed by atoms with Crippen LogP contribution < -0.4 is 10.4 Å². The second-order valence-electron chi connectivity index (χ2n) is 6.37. The Hall–Kier alpha value is -1.63. The van der Waals surface area contributed by atoms with Gasteiger partial charge in [0.15, 0.2) is 0 Å². The van der Waals surface area contributed by atoms with Gasteiger partial charge in [-0.3, -0.25) is 4.99 Å². The zero-order valence-corrected chi connectivity index (χ0v) is 14.2. The molecule has 1 aromatic carbocycles. The van der Waals surface area contributed by atoms with Crippen LogP contribution in [0.2, 0.25) is 0 Å². The van der Waals surface area contributed by atoms with E-state index >= 15 is 0 Å². The Balaban J connectivity index is 2.91. The van der Waals surface area contributed by atoms with Crippen molar-refractivity contribution in [3.63, 3.8) is 0 Å². The van der Waals surface area contributed by atoms with E-state index in [-0.39, 0.29) is 0 Å². The highest BCUT2D eigenvalue weighted by molar-refractivity contribution is 6.32. The summed E-state index contributed by atoms with van der Waals surface area (Å²) in [5, 5.41) is 2.67. The standard InChI is InChI=1S/C20H27N/c1-7-21-20-18(15(6)13(2)3)12-16-10-8-9-11-17(16)19(20)14(4)5/h8-14H,7H2,1-6H3/b18-15+,21-20?. The van der Waals surface area contributed by atoms with Crippen LogP contribution in [0.15, 0.2) is 40.4 Å². The first kappa shape index (κ1) is 15.8. The first-order valence-corrected chi connectivity index (χ1v) is 8.04. The molecule has 0 fully saturated rings. The highest BCUT2D eigenvalue weighted by Gasteiger charge is 2.21. The van der Waals surface area contributed by atoms with Crippen molar-refractivity contribution in [2.24, 2.45) is 16.8 Å². The fourth-order valence-electron chi connectivity index (χ4n) is 2.89. The molecule has 0 saturated heterocycles. The highest BCUT2D eigenvalue weighted by Crippen LogP contribution is 2.25. The molecular formula is C20H27N. The molecule has 0 saturated carbocycles. The number of nitrogens with zero attached hydrogens (tertiary/aromatic N) is 1. The molecule has 21 heavy (non-hydrogen) atoms. The van der Waals surface area contributed by atoms with Crippen LogP contribution in [0.5, 0.6) is 0 Å². The van der Waals surface area contributed by atoms with Crippen LogP contribution in [-0.4, -0.2) is 12.3 Å². The Morgan fingerprint density at radius 3 is 2.33 bits per heavy atom. The van der Waals surface area contributed by atoms with E-state index in [2.05, 4.69) is 71.9 Å². The summed E-state index contributed by atoms with van der Waals surface area (Å²) < 4.78 is 0. The van der Waals surface area contributed by atoms with Gasteiger partial charge >= 0.3 is 0 Å². The average Bonchev–Trinajstić information content (AvgIpc) is 2.45. The van der Waals surface area contributed by atoms with Gasteiger partial charge in [0.05, 0.1) is 5.71 Å². The lowest BCUT2D eigenvalue weighted by molar-refractivity contribution is 0.766. The zero-order chi connectivity index (χ0) is 15.6. The van der Waals surface area contributed by atoms with Crippen molar-refractivity contribution in [3.05, 3.63) is 45.8 Å². The van der Waals surface area contributed by atoms with Gasteiger partial charge in [0.1, 0.15) is 0 Å². The fraction of sp³-hybridized carbons (Fsp3) is 0.450. The van der Waals surface area contributed by atoms with E-state index in [9.17, 15) is 0 Å². The maximum absolute atomic E-state index is 4.86. The molecule has 1 heteroatoms. The van der Waals surface area contributed by atoms with Crippen LogP contribution >= 0.6 is 0 Å². The number of benzene rings is 1. The van der Waals surface area contributed by atoms with Crippen molar-refractivity contribution < 1.29 is 0 Å². The van der Waals surface area contributed by atoms with Crippen LogP contribution in [-0.2, 0) is 0 Å². The van der Waals surface area contributed by atoms with Gasteiger partial charge in [0, 0.05) is 6.54 Å². The Morgan fingerprint density at radius 2 is 1.76 bits per heavy atom. The number of allylic oxidation sites excluding steroid dienone is 2. The number of hydrogen-bond donors (Lipinski definition) is 0. The lowest BCUT2D eigenvalue weighted by Crippen LogP contribution is -2.36. The van der Waals surface area contributed by atoms with E-state index in [1.165, 1.54) is 32.9 Å². The van der Waals surface area contributed by atoms with Gasteiger partial charge < -0.3 is 0 Å². The van der Waals surface area contributed by atoms with Crippen LogP contribution in [0, 0.1) is 11.8 Å². The predicted octanol–water partition coefficient (Wildman–Crippen LogP) is 3.72. The van der Waals surface area contributed by atoms with E-state index < -0.39 is 0 Å². The van der Waals surface area contributed by atoms with Crippen molar-refractivity contribution in [1.29, 1.82) is 0 Å². The lowest BCUT2D eigenvalue weighted by Gasteiger charge is -2.23. The second-order valence-corrected chi connectivity index (χ2v) is 6.37. The summed E-state index contributed by atoms with van der Waals surface area (Å²) in [5.74, 6) is 1.01. The minimum atomic E-state index is 0.472. The van der Waals surface area contributed by atoms with Crippen molar-refractivity contribution >= 4 is 17.4 Å². The lowest BCUT2D eigenvalue weighted by atomic mass is 9.83. The molecule has 1 aliphatic carbocycles. The maximum Gasteiger partial charge on any atom is 0.0686 e. The second kappa shape index (κ2) is 6.43. The molecule has 0 atom stereocenters. The summed E-state index contributed by atoms with van der Waals surface area (Å²) >= 11 is 0. The van der Waals surface area contributed by atoms with E-state index in [0.717, 1.165) is 6.54 Å². The Morgan fingerprint density at radius 1 is 1.10 bits per heavy atom. The average molecular weight is 281 g/mol. The Labute approximate surface area is 128 Å². The zero-order valence-electron chi connectivity index (χ0n) is 14.2. The van der Waals surface area contributed by atoms with Crippen molar-refractivity contribution in [2.75, 3.05) is 6.54 Å². The van der Waals surface area contributed by atoms with Crippen molar-refractivity contribution in [3.8, 4) is 0 Å². The first-order chi connectivity index (χ1) is 9.97. The van der Waals surface area contributed by atoms with Crippen LogP contribution in [0.1, 0.15) is 41.5 Å². The molecular weight excluding hydrogens is 254 g/mol.